The lowest BCUT2D eigenvalue weighted by Gasteiger charge is -2.12. The van der Waals surface area contributed by atoms with Crippen molar-refractivity contribution in [2.24, 2.45) is 5.41 Å². The van der Waals surface area contributed by atoms with Crippen LogP contribution >= 0.6 is 0 Å². The summed E-state index contributed by atoms with van der Waals surface area (Å²) in [6.07, 6.45) is 1.97. The van der Waals surface area contributed by atoms with Gasteiger partial charge in [0.1, 0.15) is 0 Å². The maximum absolute atomic E-state index is 11.9. The third-order valence-electron chi connectivity index (χ3n) is 3.62. The number of hydrogen-bond acceptors (Lipinski definition) is 4. The summed E-state index contributed by atoms with van der Waals surface area (Å²) < 4.78 is 23.7. The number of hydrogen-bond donors (Lipinski definition) is 2. The molecule has 0 radical (unpaired) electrons. The highest BCUT2D eigenvalue weighted by Gasteiger charge is 2.49. The van der Waals surface area contributed by atoms with Crippen molar-refractivity contribution < 1.29 is 18.3 Å². The van der Waals surface area contributed by atoms with Crippen LogP contribution in [0.15, 0.2) is 29.2 Å². The van der Waals surface area contributed by atoms with Gasteiger partial charge in [-0.25, -0.2) is 8.42 Å². The number of carbonyl (C=O) groups is 1. The largest absolute Gasteiger partial charge is 0.481 e. The van der Waals surface area contributed by atoms with Crippen LogP contribution in [0.3, 0.4) is 0 Å². The van der Waals surface area contributed by atoms with Crippen LogP contribution in [0.2, 0.25) is 0 Å². The molecule has 0 bridgehead atoms. The molecular weight excluding hydrogens is 278 g/mol. The first-order valence-corrected chi connectivity index (χ1v) is 8.35. The molecule has 0 amide bonds. The molecule has 2 N–H and O–H groups in total. The Morgan fingerprint density at radius 3 is 2.35 bits per heavy atom. The second-order valence-corrected chi connectivity index (χ2v) is 7.39. The third-order valence-corrected chi connectivity index (χ3v) is 5.56. The molecule has 1 aliphatic rings. The van der Waals surface area contributed by atoms with Crippen LogP contribution in [0.5, 0.6) is 0 Å². The predicted molar refractivity (Wildman–Crippen MR) is 76.6 cm³/mol. The lowest BCUT2D eigenvalue weighted by Crippen LogP contribution is -2.24. The lowest BCUT2D eigenvalue weighted by molar-refractivity contribution is -0.142. The minimum atomic E-state index is -3.19. The Hall–Kier alpha value is -1.56. The Labute approximate surface area is 118 Å². The fourth-order valence-corrected chi connectivity index (χ4v) is 3.38. The topological polar surface area (TPSA) is 83.5 Å². The van der Waals surface area contributed by atoms with Crippen molar-refractivity contribution in [1.29, 1.82) is 0 Å². The predicted octanol–water partition coefficient (Wildman–Crippen LogP) is 2.15. The summed E-state index contributed by atoms with van der Waals surface area (Å²) in [5.41, 5.74) is 0.112. The van der Waals surface area contributed by atoms with E-state index < -0.39 is 21.2 Å². The van der Waals surface area contributed by atoms with Crippen molar-refractivity contribution in [3.8, 4) is 0 Å². The summed E-state index contributed by atoms with van der Waals surface area (Å²) in [7, 11) is -3.19. The smallest absolute Gasteiger partial charge is 0.311 e. The summed E-state index contributed by atoms with van der Waals surface area (Å²) in [5, 5.41) is 12.1. The number of sulfone groups is 1. The summed E-state index contributed by atoms with van der Waals surface area (Å²) >= 11 is 0. The van der Waals surface area contributed by atoms with Gasteiger partial charge >= 0.3 is 5.97 Å². The number of nitrogens with one attached hydrogen (secondary N) is 1. The number of carboxylic acids is 1. The van der Waals surface area contributed by atoms with Crippen molar-refractivity contribution in [2.45, 2.75) is 31.1 Å². The average molecular weight is 297 g/mol. The van der Waals surface area contributed by atoms with Gasteiger partial charge in [-0.3, -0.25) is 4.79 Å². The van der Waals surface area contributed by atoms with E-state index in [-0.39, 0.29) is 5.75 Å². The van der Waals surface area contributed by atoms with Crippen molar-refractivity contribution in [3.05, 3.63) is 24.3 Å². The van der Waals surface area contributed by atoms with Gasteiger partial charge in [-0.05, 0) is 43.5 Å². The second kappa shape index (κ2) is 5.44. The summed E-state index contributed by atoms with van der Waals surface area (Å²) in [6, 6.07) is 6.49. The first kappa shape index (κ1) is 14.8. The third kappa shape index (κ3) is 3.12. The molecule has 0 aliphatic heterocycles. The van der Waals surface area contributed by atoms with Crippen LogP contribution < -0.4 is 5.32 Å². The van der Waals surface area contributed by atoms with E-state index in [2.05, 4.69) is 5.32 Å². The van der Waals surface area contributed by atoms with Gasteiger partial charge in [-0.2, -0.15) is 0 Å². The quantitative estimate of drug-likeness (QED) is 0.805. The van der Waals surface area contributed by atoms with E-state index in [1.54, 1.807) is 24.3 Å². The Bertz CT molecular complexity index is 588. The fraction of sp³-hybridized carbons (Fsp3) is 0.500. The maximum Gasteiger partial charge on any atom is 0.311 e. The molecule has 5 nitrogen and oxygen atoms in total. The van der Waals surface area contributed by atoms with Gasteiger partial charge in [0, 0.05) is 12.2 Å². The summed E-state index contributed by atoms with van der Waals surface area (Å²) in [4.78, 5) is 11.4. The Kier molecular flexibility index (Phi) is 4.04. The van der Waals surface area contributed by atoms with Gasteiger partial charge in [0.15, 0.2) is 9.84 Å². The number of carboxylic acid groups (broad SMARTS) is 1. The van der Waals surface area contributed by atoms with E-state index in [1.165, 1.54) is 0 Å². The van der Waals surface area contributed by atoms with Crippen LogP contribution in [0.25, 0.3) is 0 Å². The molecule has 0 unspecified atom stereocenters. The van der Waals surface area contributed by atoms with E-state index in [9.17, 15) is 13.2 Å². The molecule has 0 aromatic heterocycles. The zero-order valence-corrected chi connectivity index (χ0v) is 12.2. The van der Waals surface area contributed by atoms with Crippen LogP contribution in [0.4, 0.5) is 5.69 Å². The second-order valence-electron chi connectivity index (χ2n) is 5.28. The van der Waals surface area contributed by atoms with E-state index in [1.807, 2.05) is 6.92 Å². The van der Waals surface area contributed by atoms with Crippen molar-refractivity contribution in [3.63, 3.8) is 0 Å². The monoisotopic (exact) mass is 297 g/mol. The average Bonchev–Trinajstić information content (AvgIpc) is 3.18. The molecule has 1 fully saturated rings. The highest BCUT2D eigenvalue weighted by Crippen LogP contribution is 2.45. The molecule has 0 atom stereocenters. The van der Waals surface area contributed by atoms with Crippen molar-refractivity contribution >= 4 is 21.5 Å². The molecule has 20 heavy (non-hydrogen) atoms. The first-order valence-electron chi connectivity index (χ1n) is 6.70. The number of benzene rings is 1. The molecule has 1 saturated carbocycles. The zero-order valence-electron chi connectivity index (χ0n) is 11.4. The molecular formula is C14H19NO4S. The molecule has 1 aromatic carbocycles. The van der Waals surface area contributed by atoms with Crippen molar-refractivity contribution in [2.75, 3.05) is 17.6 Å². The fourth-order valence-electron chi connectivity index (χ4n) is 2.06. The van der Waals surface area contributed by atoms with E-state index in [0.717, 1.165) is 5.69 Å². The lowest BCUT2D eigenvalue weighted by atomic mass is 10.1. The number of anilines is 1. The molecule has 0 spiro atoms. The van der Waals surface area contributed by atoms with E-state index >= 15 is 0 Å². The van der Waals surface area contributed by atoms with Crippen LogP contribution in [0, 0.1) is 5.41 Å². The molecule has 2 rings (SSSR count). The van der Waals surface area contributed by atoms with Gasteiger partial charge in [-0.15, -0.1) is 0 Å². The highest BCUT2D eigenvalue weighted by atomic mass is 32.2. The Balaban J connectivity index is 2.01. The maximum atomic E-state index is 11.9. The van der Waals surface area contributed by atoms with Gasteiger partial charge in [0.2, 0.25) is 0 Å². The number of rotatable bonds is 7. The minimum Gasteiger partial charge on any atom is -0.481 e. The summed E-state index contributed by atoms with van der Waals surface area (Å²) in [5.74, 6) is -0.630. The minimum absolute atomic E-state index is 0.141. The van der Waals surface area contributed by atoms with Gasteiger partial charge < -0.3 is 10.4 Å². The Morgan fingerprint density at radius 2 is 1.90 bits per heavy atom. The molecule has 1 aliphatic carbocycles. The summed E-state index contributed by atoms with van der Waals surface area (Å²) in [6.45, 7) is 2.21. The molecule has 6 heteroatoms. The molecule has 1 aromatic rings. The first-order chi connectivity index (χ1) is 9.39. The van der Waals surface area contributed by atoms with E-state index in [0.29, 0.717) is 30.7 Å². The van der Waals surface area contributed by atoms with Crippen LogP contribution in [-0.4, -0.2) is 31.8 Å². The van der Waals surface area contributed by atoms with Crippen LogP contribution in [-0.2, 0) is 14.6 Å². The standard InChI is InChI=1S/C14H19NO4S/c1-2-9-20(18,19)12-5-3-11(4-6-12)15-10-14(7-8-14)13(16)17/h3-6,15H,2,7-10H2,1H3,(H,16,17). The zero-order chi connectivity index (χ0) is 14.8. The number of aliphatic carboxylic acids is 1. The van der Waals surface area contributed by atoms with E-state index in [4.69, 9.17) is 5.11 Å². The normalized spacial score (nSPS) is 16.6. The van der Waals surface area contributed by atoms with Gasteiger partial charge in [0.25, 0.3) is 0 Å². The van der Waals surface area contributed by atoms with Crippen LogP contribution in [0.1, 0.15) is 26.2 Å². The van der Waals surface area contributed by atoms with Gasteiger partial charge in [0.05, 0.1) is 16.1 Å². The molecule has 0 saturated heterocycles. The van der Waals surface area contributed by atoms with Gasteiger partial charge in [-0.1, -0.05) is 6.92 Å². The SMILES string of the molecule is CCCS(=O)(=O)c1ccc(NCC2(C(=O)O)CC2)cc1. The Morgan fingerprint density at radius 1 is 1.30 bits per heavy atom. The molecule has 0 heterocycles. The van der Waals surface area contributed by atoms with Crippen molar-refractivity contribution in [1.82, 2.24) is 0 Å². The molecule has 110 valence electrons. The highest BCUT2D eigenvalue weighted by molar-refractivity contribution is 7.91.